The largest absolute Gasteiger partial charge is 0.288 e. The lowest BCUT2D eigenvalue weighted by Gasteiger charge is -1.99. The molecule has 0 saturated heterocycles. The fourth-order valence-corrected chi connectivity index (χ4v) is 1.65. The maximum Gasteiger partial charge on any atom is 0.288 e. The van der Waals surface area contributed by atoms with Crippen LogP contribution in [0.3, 0.4) is 0 Å². The first-order valence-corrected chi connectivity index (χ1v) is 5.34. The fourth-order valence-electron chi connectivity index (χ4n) is 0.955. The standard InChI is InChI=1S/C8H8ClNO2S/c1-13-5-6-2-3-7(9)8(4-6)10(11)12/h2-4H,5H2,1H3. The second-order valence-corrected chi connectivity index (χ2v) is 3.75. The van der Waals surface area contributed by atoms with E-state index in [2.05, 4.69) is 0 Å². The van der Waals surface area contributed by atoms with Gasteiger partial charge in [-0.15, -0.1) is 0 Å². The van der Waals surface area contributed by atoms with Crippen molar-refractivity contribution in [3.63, 3.8) is 0 Å². The highest BCUT2D eigenvalue weighted by atomic mass is 35.5. The summed E-state index contributed by atoms with van der Waals surface area (Å²) in [6.07, 6.45) is 1.94. The Labute approximate surface area is 85.2 Å². The topological polar surface area (TPSA) is 43.1 Å². The van der Waals surface area contributed by atoms with Crippen LogP contribution < -0.4 is 0 Å². The zero-order valence-electron chi connectivity index (χ0n) is 6.99. The summed E-state index contributed by atoms with van der Waals surface area (Å²) in [5.74, 6) is 0.762. The van der Waals surface area contributed by atoms with Crippen LogP contribution in [-0.2, 0) is 5.75 Å². The van der Waals surface area contributed by atoms with Crippen LogP contribution in [0.2, 0.25) is 5.02 Å². The lowest BCUT2D eigenvalue weighted by Crippen LogP contribution is -1.90. The van der Waals surface area contributed by atoms with Crippen molar-refractivity contribution in [2.75, 3.05) is 6.26 Å². The van der Waals surface area contributed by atoms with Gasteiger partial charge >= 0.3 is 0 Å². The second kappa shape index (κ2) is 4.48. The number of hydrogen-bond acceptors (Lipinski definition) is 3. The molecule has 13 heavy (non-hydrogen) atoms. The van der Waals surface area contributed by atoms with Crippen molar-refractivity contribution < 1.29 is 4.92 Å². The zero-order chi connectivity index (χ0) is 9.84. The molecule has 0 heterocycles. The molecule has 0 unspecified atom stereocenters. The Morgan fingerprint density at radius 2 is 2.31 bits per heavy atom. The Bertz CT molecular complexity index is 330. The SMILES string of the molecule is CSCc1ccc(Cl)c([N+](=O)[O-])c1. The molecule has 0 fully saturated rings. The van der Waals surface area contributed by atoms with Crippen LogP contribution in [0.15, 0.2) is 18.2 Å². The summed E-state index contributed by atoms with van der Waals surface area (Å²) in [4.78, 5) is 10.0. The summed E-state index contributed by atoms with van der Waals surface area (Å²) < 4.78 is 0. The van der Waals surface area contributed by atoms with Crippen molar-refractivity contribution in [1.29, 1.82) is 0 Å². The van der Waals surface area contributed by atoms with E-state index in [0.29, 0.717) is 0 Å². The van der Waals surface area contributed by atoms with Gasteiger partial charge in [-0.2, -0.15) is 11.8 Å². The molecule has 0 aromatic heterocycles. The number of nitrogens with zero attached hydrogens (tertiary/aromatic N) is 1. The molecule has 0 aliphatic heterocycles. The normalized spacial score (nSPS) is 10.0. The predicted molar refractivity (Wildman–Crippen MR) is 55.3 cm³/mol. The van der Waals surface area contributed by atoms with Gasteiger partial charge in [0.1, 0.15) is 5.02 Å². The van der Waals surface area contributed by atoms with Gasteiger partial charge in [-0.05, 0) is 17.9 Å². The molecule has 0 aliphatic rings. The molecule has 0 N–H and O–H groups in total. The molecule has 0 atom stereocenters. The van der Waals surface area contributed by atoms with E-state index in [-0.39, 0.29) is 10.7 Å². The molecule has 0 bridgehead atoms. The maximum absolute atomic E-state index is 10.5. The molecular formula is C8H8ClNO2S. The molecule has 0 radical (unpaired) electrons. The fraction of sp³-hybridized carbons (Fsp3) is 0.250. The summed E-state index contributed by atoms with van der Waals surface area (Å²) in [6, 6.07) is 4.87. The third kappa shape index (κ3) is 2.60. The van der Waals surface area contributed by atoms with Gasteiger partial charge < -0.3 is 0 Å². The molecule has 1 rings (SSSR count). The number of benzene rings is 1. The lowest BCUT2D eigenvalue weighted by molar-refractivity contribution is -0.384. The molecule has 5 heteroatoms. The van der Waals surface area contributed by atoms with Gasteiger partial charge in [0.25, 0.3) is 5.69 Å². The summed E-state index contributed by atoms with van der Waals surface area (Å²) in [5.41, 5.74) is 0.900. The van der Waals surface area contributed by atoms with Gasteiger partial charge in [0.05, 0.1) is 4.92 Å². The predicted octanol–water partition coefficient (Wildman–Crippen LogP) is 3.11. The van der Waals surface area contributed by atoms with E-state index in [1.165, 1.54) is 6.07 Å². The van der Waals surface area contributed by atoms with Crippen molar-refractivity contribution in [2.45, 2.75) is 5.75 Å². The van der Waals surface area contributed by atoms with Gasteiger partial charge in [-0.3, -0.25) is 10.1 Å². The van der Waals surface area contributed by atoms with E-state index < -0.39 is 4.92 Å². The van der Waals surface area contributed by atoms with E-state index in [4.69, 9.17) is 11.6 Å². The van der Waals surface area contributed by atoms with Crippen LogP contribution in [0, 0.1) is 10.1 Å². The lowest BCUT2D eigenvalue weighted by atomic mass is 10.2. The minimum absolute atomic E-state index is 0.0202. The number of nitro groups is 1. The third-order valence-electron chi connectivity index (χ3n) is 1.52. The Morgan fingerprint density at radius 1 is 1.62 bits per heavy atom. The molecule has 70 valence electrons. The Balaban J connectivity index is 3.04. The highest BCUT2D eigenvalue weighted by Crippen LogP contribution is 2.26. The first-order chi connectivity index (χ1) is 6.15. The summed E-state index contributed by atoms with van der Waals surface area (Å²) in [5, 5.41) is 10.7. The van der Waals surface area contributed by atoms with Crippen LogP contribution in [0.4, 0.5) is 5.69 Å². The van der Waals surface area contributed by atoms with Crippen molar-refractivity contribution in [3.8, 4) is 0 Å². The minimum Gasteiger partial charge on any atom is -0.258 e. The quantitative estimate of drug-likeness (QED) is 0.577. The summed E-state index contributed by atoms with van der Waals surface area (Å²) >= 11 is 7.26. The Kier molecular flexibility index (Phi) is 3.57. The summed E-state index contributed by atoms with van der Waals surface area (Å²) in [6.45, 7) is 0. The van der Waals surface area contributed by atoms with Crippen LogP contribution in [0.5, 0.6) is 0 Å². The van der Waals surface area contributed by atoms with Crippen LogP contribution in [0.25, 0.3) is 0 Å². The summed E-state index contributed by atoms with van der Waals surface area (Å²) in [7, 11) is 0. The maximum atomic E-state index is 10.5. The van der Waals surface area contributed by atoms with Gasteiger partial charge in [0.2, 0.25) is 0 Å². The van der Waals surface area contributed by atoms with Gasteiger partial charge in [-0.25, -0.2) is 0 Å². The number of thioether (sulfide) groups is 1. The van der Waals surface area contributed by atoms with Crippen molar-refractivity contribution in [3.05, 3.63) is 38.9 Å². The molecule has 0 spiro atoms. The zero-order valence-corrected chi connectivity index (χ0v) is 8.56. The minimum atomic E-state index is -0.466. The average Bonchev–Trinajstić information content (AvgIpc) is 2.08. The Morgan fingerprint density at radius 3 is 2.85 bits per heavy atom. The Hall–Kier alpha value is -0.740. The monoisotopic (exact) mass is 217 g/mol. The molecular weight excluding hydrogens is 210 g/mol. The van der Waals surface area contributed by atoms with E-state index in [9.17, 15) is 10.1 Å². The smallest absolute Gasteiger partial charge is 0.258 e. The van der Waals surface area contributed by atoms with Crippen molar-refractivity contribution in [2.24, 2.45) is 0 Å². The highest BCUT2D eigenvalue weighted by Gasteiger charge is 2.11. The van der Waals surface area contributed by atoms with Gasteiger partial charge in [0.15, 0.2) is 0 Å². The second-order valence-electron chi connectivity index (χ2n) is 2.48. The molecule has 1 aromatic rings. The van der Waals surface area contributed by atoms with Gasteiger partial charge in [-0.1, -0.05) is 17.7 Å². The van der Waals surface area contributed by atoms with Crippen LogP contribution in [-0.4, -0.2) is 11.2 Å². The van der Waals surface area contributed by atoms with Crippen molar-refractivity contribution in [1.82, 2.24) is 0 Å². The van der Waals surface area contributed by atoms with E-state index in [1.807, 2.05) is 6.26 Å². The average molecular weight is 218 g/mol. The van der Waals surface area contributed by atoms with E-state index in [1.54, 1.807) is 23.9 Å². The van der Waals surface area contributed by atoms with Crippen LogP contribution in [0.1, 0.15) is 5.56 Å². The van der Waals surface area contributed by atoms with E-state index >= 15 is 0 Å². The van der Waals surface area contributed by atoms with Gasteiger partial charge in [0, 0.05) is 11.8 Å². The third-order valence-corrected chi connectivity index (χ3v) is 2.46. The number of hydrogen-bond donors (Lipinski definition) is 0. The van der Waals surface area contributed by atoms with Crippen LogP contribution >= 0.6 is 23.4 Å². The molecule has 0 amide bonds. The molecule has 0 aliphatic carbocycles. The van der Waals surface area contributed by atoms with E-state index in [0.717, 1.165) is 11.3 Å². The number of rotatable bonds is 3. The molecule has 0 saturated carbocycles. The number of halogens is 1. The molecule has 1 aromatic carbocycles. The highest BCUT2D eigenvalue weighted by molar-refractivity contribution is 7.97. The number of nitro benzene ring substituents is 1. The first kappa shape index (κ1) is 10.3. The molecule has 3 nitrogen and oxygen atoms in total. The first-order valence-electron chi connectivity index (χ1n) is 3.57. The van der Waals surface area contributed by atoms with Crippen molar-refractivity contribution >= 4 is 29.1 Å².